The highest BCUT2D eigenvalue weighted by atomic mass is 16.7. The molecule has 0 bridgehead atoms. The number of ether oxygens (including phenoxy) is 2. The van der Waals surface area contributed by atoms with Gasteiger partial charge in [0.25, 0.3) is 0 Å². The summed E-state index contributed by atoms with van der Waals surface area (Å²) >= 11 is 0. The molecule has 0 fully saturated rings. The highest BCUT2D eigenvalue weighted by Crippen LogP contribution is 2.06. The van der Waals surface area contributed by atoms with Gasteiger partial charge in [-0.1, -0.05) is 6.42 Å². The normalized spacial score (nSPS) is 17.8. The van der Waals surface area contributed by atoms with Gasteiger partial charge in [-0.3, -0.25) is 4.99 Å². The molecule has 82 valence electrons. The Labute approximate surface area is 85.7 Å². The van der Waals surface area contributed by atoms with E-state index in [0.717, 1.165) is 18.8 Å². The summed E-state index contributed by atoms with van der Waals surface area (Å²) in [6.45, 7) is 1.62. The lowest BCUT2D eigenvalue weighted by molar-refractivity contribution is -0.0965. The van der Waals surface area contributed by atoms with Crippen molar-refractivity contribution in [2.75, 3.05) is 27.3 Å². The molecule has 0 spiro atoms. The summed E-state index contributed by atoms with van der Waals surface area (Å²) in [7, 11) is 3.29. The average molecular weight is 200 g/mol. The zero-order valence-corrected chi connectivity index (χ0v) is 9.08. The molecule has 0 saturated heterocycles. The van der Waals surface area contributed by atoms with Crippen molar-refractivity contribution in [3.63, 3.8) is 0 Å². The number of hydrogen-bond donors (Lipinski definition) is 1. The van der Waals surface area contributed by atoms with E-state index in [4.69, 9.17) is 9.47 Å². The molecule has 0 unspecified atom stereocenters. The van der Waals surface area contributed by atoms with Crippen LogP contribution in [0.25, 0.3) is 0 Å². The van der Waals surface area contributed by atoms with Crippen molar-refractivity contribution < 1.29 is 9.47 Å². The lowest BCUT2D eigenvalue weighted by Gasteiger charge is -2.15. The number of hydrogen-bond acceptors (Lipinski definition) is 4. The van der Waals surface area contributed by atoms with Crippen LogP contribution >= 0.6 is 0 Å². The van der Waals surface area contributed by atoms with E-state index in [9.17, 15) is 0 Å². The molecule has 0 saturated carbocycles. The van der Waals surface area contributed by atoms with Crippen molar-refractivity contribution in [1.29, 1.82) is 0 Å². The van der Waals surface area contributed by atoms with Gasteiger partial charge in [0.15, 0.2) is 6.29 Å². The summed E-state index contributed by atoms with van der Waals surface area (Å²) in [4.78, 5) is 4.46. The summed E-state index contributed by atoms with van der Waals surface area (Å²) in [6.07, 6.45) is 4.60. The molecule has 1 rings (SSSR count). The molecule has 1 heterocycles. The van der Waals surface area contributed by atoms with E-state index in [0.29, 0.717) is 6.54 Å². The summed E-state index contributed by atoms with van der Waals surface area (Å²) < 4.78 is 10.2. The van der Waals surface area contributed by atoms with Crippen molar-refractivity contribution in [1.82, 2.24) is 5.32 Å². The molecule has 4 nitrogen and oxygen atoms in total. The van der Waals surface area contributed by atoms with Gasteiger partial charge in [-0.25, -0.2) is 0 Å². The minimum Gasteiger partial charge on any atom is -0.369 e. The predicted molar refractivity (Wildman–Crippen MR) is 56.6 cm³/mol. The largest absolute Gasteiger partial charge is 0.369 e. The van der Waals surface area contributed by atoms with Crippen LogP contribution in [0.4, 0.5) is 0 Å². The minimum absolute atomic E-state index is 0.180. The summed E-state index contributed by atoms with van der Waals surface area (Å²) in [5.41, 5.74) is 0. The Hall–Kier alpha value is -0.610. The maximum absolute atomic E-state index is 5.08. The van der Waals surface area contributed by atoms with Gasteiger partial charge in [0, 0.05) is 27.2 Å². The molecule has 1 aliphatic heterocycles. The van der Waals surface area contributed by atoms with E-state index in [-0.39, 0.29) is 6.29 Å². The molecule has 0 aliphatic carbocycles. The fraction of sp³-hybridized carbons (Fsp3) is 0.900. The van der Waals surface area contributed by atoms with Gasteiger partial charge < -0.3 is 14.8 Å². The number of methoxy groups -OCH3 is 2. The van der Waals surface area contributed by atoms with E-state index < -0.39 is 0 Å². The minimum atomic E-state index is -0.180. The topological polar surface area (TPSA) is 42.8 Å². The van der Waals surface area contributed by atoms with Crippen LogP contribution in [0.3, 0.4) is 0 Å². The summed E-state index contributed by atoms with van der Waals surface area (Å²) in [5.74, 6) is 1.10. The monoisotopic (exact) mass is 200 g/mol. The second kappa shape index (κ2) is 6.79. The Morgan fingerprint density at radius 2 is 2.07 bits per heavy atom. The van der Waals surface area contributed by atoms with E-state index in [1.54, 1.807) is 14.2 Å². The van der Waals surface area contributed by atoms with Gasteiger partial charge in [-0.15, -0.1) is 0 Å². The zero-order chi connectivity index (χ0) is 10.2. The molecule has 0 aromatic carbocycles. The average Bonchev–Trinajstić information content (AvgIpc) is 2.48. The first kappa shape index (κ1) is 11.5. The molecule has 0 aromatic rings. The van der Waals surface area contributed by atoms with Gasteiger partial charge in [0.05, 0.1) is 12.4 Å². The Morgan fingerprint density at radius 1 is 1.29 bits per heavy atom. The van der Waals surface area contributed by atoms with Gasteiger partial charge in [0.2, 0.25) is 0 Å². The number of nitrogens with one attached hydrogen (secondary N) is 1. The molecule has 1 aliphatic rings. The van der Waals surface area contributed by atoms with Crippen molar-refractivity contribution in [3.8, 4) is 0 Å². The lowest BCUT2D eigenvalue weighted by Crippen LogP contribution is -2.34. The predicted octanol–water partition coefficient (Wildman–Crippen LogP) is 1.17. The second-order valence-electron chi connectivity index (χ2n) is 3.42. The fourth-order valence-corrected chi connectivity index (χ4v) is 1.48. The first-order chi connectivity index (χ1) is 6.86. The van der Waals surface area contributed by atoms with Crippen molar-refractivity contribution in [2.45, 2.75) is 32.0 Å². The molecule has 4 heteroatoms. The van der Waals surface area contributed by atoms with Crippen LogP contribution < -0.4 is 5.32 Å². The van der Waals surface area contributed by atoms with Crippen LogP contribution in [0.1, 0.15) is 25.7 Å². The van der Waals surface area contributed by atoms with Gasteiger partial charge >= 0.3 is 0 Å². The Bertz CT molecular complexity index is 179. The smallest absolute Gasteiger partial charge is 0.173 e. The first-order valence-electron chi connectivity index (χ1n) is 5.19. The third kappa shape index (κ3) is 4.07. The fourth-order valence-electron chi connectivity index (χ4n) is 1.48. The van der Waals surface area contributed by atoms with Gasteiger partial charge in [-0.05, 0) is 12.8 Å². The number of aliphatic imine (C=N–C) groups is 1. The van der Waals surface area contributed by atoms with Crippen LogP contribution in [0, 0.1) is 0 Å². The highest BCUT2D eigenvalue weighted by Gasteiger charge is 2.07. The molecular weight excluding hydrogens is 180 g/mol. The molecule has 0 atom stereocenters. The molecule has 14 heavy (non-hydrogen) atoms. The Balaban J connectivity index is 2.24. The Kier molecular flexibility index (Phi) is 5.56. The SMILES string of the molecule is COC(CNC1=NCCCCC1)OC. The highest BCUT2D eigenvalue weighted by molar-refractivity contribution is 5.82. The van der Waals surface area contributed by atoms with E-state index in [1.165, 1.54) is 19.3 Å². The van der Waals surface area contributed by atoms with Crippen molar-refractivity contribution in [3.05, 3.63) is 0 Å². The summed E-state index contributed by atoms with van der Waals surface area (Å²) in [6, 6.07) is 0. The van der Waals surface area contributed by atoms with Crippen LogP contribution in [0.15, 0.2) is 4.99 Å². The molecule has 0 radical (unpaired) electrons. The first-order valence-corrected chi connectivity index (χ1v) is 5.19. The third-order valence-corrected chi connectivity index (χ3v) is 2.37. The molecule has 0 amide bonds. The second-order valence-corrected chi connectivity index (χ2v) is 3.42. The van der Waals surface area contributed by atoms with E-state index in [1.807, 2.05) is 0 Å². The van der Waals surface area contributed by atoms with Crippen LogP contribution in [0.5, 0.6) is 0 Å². The third-order valence-electron chi connectivity index (χ3n) is 2.37. The van der Waals surface area contributed by atoms with Crippen LogP contribution in [-0.2, 0) is 9.47 Å². The van der Waals surface area contributed by atoms with Crippen molar-refractivity contribution >= 4 is 5.84 Å². The lowest BCUT2D eigenvalue weighted by atomic mass is 10.2. The molecule has 0 aromatic heterocycles. The van der Waals surface area contributed by atoms with Gasteiger partial charge in [-0.2, -0.15) is 0 Å². The maximum atomic E-state index is 5.08. The molecule has 1 N–H and O–H groups in total. The van der Waals surface area contributed by atoms with Crippen molar-refractivity contribution in [2.24, 2.45) is 4.99 Å². The van der Waals surface area contributed by atoms with E-state index >= 15 is 0 Å². The van der Waals surface area contributed by atoms with Crippen LogP contribution in [0.2, 0.25) is 0 Å². The quantitative estimate of drug-likeness (QED) is 0.693. The van der Waals surface area contributed by atoms with Gasteiger partial charge in [0.1, 0.15) is 0 Å². The molecular formula is C10H20N2O2. The Morgan fingerprint density at radius 3 is 2.79 bits per heavy atom. The number of rotatable bonds is 4. The van der Waals surface area contributed by atoms with Crippen LogP contribution in [-0.4, -0.2) is 39.4 Å². The van der Waals surface area contributed by atoms with E-state index in [2.05, 4.69) is 10.3 Å². The maximum Gasteiger partial charge on any atom is 0.173 e. The number of amidine groups is 1. The number of nitrogens with zero attached hydrogens (tertiary/aromatic N) is 1. The zero-order valence-electron chi connectivity index (χ0n) is 9.08. The summed E-state index contributed by atoms with van der Waals surface area (Å²) in [5, 5.41) is 3.26. The standard InChI is InChI=1S/C10H20N2O2/c1-13-10(14-2)8-12-9-6-4-3-5-7-11-9/h10H,3-8H2,1-2H3,(H,11,12).